The number of pyridine rings is 1. The Morgan fingerprint density at radius 2 is 1.92 bits per heavy atom. The van der Waals surface area contributed by atoms with Gasteiger partial charge in [0, 0.05) is 74.0 Å². The number of fused-ring (bicyclic) bond motifs is 6. The van der Waals surface area contributed by atoms with E-state index in [1.165, 1.54) is 16.0 Å². The monoisotopic (exact) mass is 879 g/mol. The number of aryl methyl sites for hydroxylation is 1. The van der Waals surface area contributed by atoms with Crippen molar-refractivity contribution in [3.05, 3.63) is 66.3 Å². The Morgan fingerprint density at radius 1 is 1.14 bits per heavy atom. The fraction of sp³-hybridized carbons (Fsp3) is 0.532. The number of esters is 1. The van der Waals surface area contributed by atoms with E-state index in [-0.39, 0.29) is 55.8 Å². The minimum atomic E-state index is -1.23. The third-order valence-electron chi connectivity index (χ3n) is 12.7. The lowest BCUT2D eigenvalue weighted by molar-refractivity contribution is -0.155. The van der Waals surface area contributed by atoms with Gasteiger partial charge in [0.25, 0.3) is 5.91 Å². The molecule has 3 aromatic heterocycles. The Labute approximate surface area is 373 Å². The molecule has 7 rings (SSSR count). The maximum absolute atomic E-state index is 14.5. The number of nitrogens with zero attached hydrogens (tertiary/aromatic N) is 7. The quantitative estimate of drug-likeness (QED) is 0.166. The van der Waals surface area contributed by atoms with Crippen LogP contribution in [0.4, 0.5) is 0 Å². The lowest BCUT2D eigenvalue weighted by Crippen LogP contribution is -2.62. The van der Waals surface area contributed by atoms with Gasteiger partial charge in [-0.2, -0.15) is 4.98 Å². The summed E-state index contributed by atoms with van der Waals surface area (Å²) in [5, 5.41) is 9.59. The maximum Gasteiger partial charge on any atom is 0.324 e. The van der Waals surface area contributed by atoms with Crippen LogP contribution in [0.25, 0.3) is 33.5 Å². The van der Waals surface area contributed by atoms with Crippen LogP contribution in [-0.4, -0.2) is 123 Å². The number of carbonyl (C=O) groups is 5. The van der Waals surface area contributed by atoms with Gasteiger partial charge in [-0.3, -0.25) is 34.0 Å². The molecule has 4 amide bonds. The molecule has 0 spiro atoms. The van der Waals surface area contributed by atoms with E-state index in [1.807, 2.05) is 45.0 Å². The molecular formula is C47H61N9O8. The van der Waals surface area contributed by atoms with E-state index < -0.39 is 47.2 Å². The molecule has 2 saturated heterocycles. The van der Waals surface area contributed by atoms with Crippen molar-refractivity contribution in [2.75, 3.05) is 40.4 Å². The summed E-state index contributed by atoms with van der Waals surface area (Å²) in [5.74, 6) is -2.52. The Kier molecular flexibility index (Phi) is 13.7. The number of hydrogen-bond acceptors (Lipinski definition) is 12. The third kappa shape index (κ3) is 9.32. The van der Waals surface area contributed by atoms with Gasteiger partial charge in [0.15, 0.2) is 0 Å². The van der Waals surface area contributed by atoms with Crippen LogP contribution < -0.4 is 10.7 Å². The van der Waals surface area contributed by atoms with E-state index in [1.54, 1.807) is 25.3 Å². The predicted molar refractivity (Wildman–Crippen MR) is 238 cm³/mol. The van der Waals surface area contributed by atoms with Gasteiger partial charge in [0.2, 0.25) is 29.4 Å². The normalized spacial score (nSPS) is 21.3. The second kappa shape index (κ2) is 19.0. The zero-order chi connectivity index (χ0) is 46.0. The molecule has 0 unspecified atom stereocenters. The Hall–Kier alpha value is -5.94. The molecule has 2 fully saturated rings. The summed E-state index contributed by atoms with van der Waals surface area (Å²) >= 11 is 0. The van der Waals surface area contributed by atoms with E-state index in [0.29, 0.717) is 50.2 Å². The van der Waals surface area contributed by atoms with E-state index in [2.05, 4.69) is 53.9 Å². The molecular weight excluding hydrogens is 819 g/mol. The van der Waals surface area contributed by atoms with Crippen molar-refractivity contribution < 1.29 is 38.0 Å². The topological polar surface area (TPSA) is 194 Å². The van der Waals surface area contributed by atoms with Crippen LogP contribution in [0.3, 0.4) is 0 Å². The van der Waals surface area contributed by atoms with Crippen molar-refractivity contribution in [1.29, 1.82) is 0 Å². The first-order chi connectivity index (χ1) is 30.5. The first kappa shape index (κ1) is 46.1. The van der Waals surface area contributed by atoms with Gasteiger partial charge in [0.05, 0.1) is 36.4 Å². The number of amides is 4. The highest BCUT2D eigenvalue weighted by molar-refractivity contribution is 5.96. The fourth-order valence-corrected chi connectivity index (χ4v) is 9.36. The number of hydrazine groups is 1. The summed E-state index contributed by atoms with van der Waals surface area (Å²) in [6.45, 7) is 17.1. The van der Waals surface area contributed by atoms with Crippen LogP contribution in [0.1, 0.15) is 84.1 Å². The van der Waals surface area contributed by atoms with Crippen LogP contribution in [0.2, 0.25) is 0 Å². The Bertz CT molecular complexity index is 2420. The second-order valence-corrected chi connectivity index (χ2v) is 18.3. The number of rotatable bonds is 10. The zero-order valence-corrected chi connectivity index (χ0v) is 38.2. The number of benzene rings is 1. The minimum absolute atomic E-state index is 0.101. The highest BCUT2D eigenvalue weighted by atomic mass is 16.5. The van der Waals surface area contributed by atoms with Crippen molar-refractivity contribution >= 4 is 40.5 Å². The Balaban J connectivity index is 1.27. The summed E-state index contributed by atoms with van der Waals surface area (Å²) < 4.78 is 19.9. The van der Waals surface area contributed by atoms with Crippen molar-refractivity contribution in [3.63, 3.8) is 0 Å². The molecule has 0 aliphatic carbocycles. The van der Waals surface area contributed by atoms with Crippen LogP contribution in [0.5, 0.6) is 0 Å². The summed E-state index contributed by atoms with van der Waals surface area (Å²) in [5.41, 5.74) is 7.97. The molecule has 3 aliphatic heterocycles. The van der Waals surface area contributed by atoms with E-state index in [0.717, 1.165) is 33.4 Å². The van der Waals surface area contributed by atoms with E-state index in [9.17, 15) is 24.0 Å². The van der Waals surface area contributed by atoms with E-state index in [4.69, 9.17) is 24.0 Å². The fourth-order valence-electron chi connectivity index (χ4n) is 9.36. The smallest absolute Gasteiger partial charge is 0.324 e. The van der Waals surface area contributed by atoms with Crippen LogP contribution in [0, 0.1) is 17.3 Å². The van der Waals surface area contributed by atoms with Gasteiger partial charge >= 0.3 is 5.97 Å². The van der Waals surface area contributed by atoms with Crippen LogP contribution >= 0.6 is 0 Å². The largest absolute Gasteiger partial charge is 0.464 e. The minimum Gasteiger partial charge on any atom is -0.464 e. The SMILES string of the molecule is C=CC(=O)N1CC[C@H](C(=O)N(C)[C@H](C(=O)N[C@H]2Cc3nc(no3)-c3ccc4c(c3)c(c(-c3cccnc3[C@H](C)OC)n4CC)CC(C)(C)COC(=O)[C@@H]3CCCN(N3)C2=O)C(C)C)C1. The highest BCUT2D eigenvalue weighted by Gasteiger charge is 2.40. The summed E-state index contributed by atoms with van der Waals surface area (Å²) in [7, 11) is 3.23. The van der Waals surface area contributed by atoms with Crippen molar-refractivity contribution in [3.8, 4) is 22.6 Å². The molecule has 6 heterocycles. The van der Waals surface area contributed by atoms with Gasteiger partial charge in [-0.1, -0.05) is 39.4 Å². The van der Waals surface area contributed by atoms with Gasteiger partial charge in [-0.25, -0.2) is 5.43 Å². The standard InChI is InChI=1S/C47H61N9O8/c1-10-38(57)54-21-18-30(25-54)44(59)53(8)40(27(3)4)43(58)49-35-23-37-50-42(52-64-37)29-16-17-36-32(22-29)33(41(55(36)11-2)31-14-12-19-48-39(31)28(5)62-9)24-47(6,7)26-63-46(61)34-15-13-20-56(51-34)45(35)60/h10,12,14,16-17,19,22,27-28,30,34-35,40,51H,1,11,13,15,18,20-21,23-26H2,2-9H3,(H,49,58)/t28-,30-,34-,35-,40-/m0/s1. The number of hydrogen-bond donors (Lipinski definition) is 2. The average molecular weight is 880 g/mol. The lowest BCUT2D eigenvalue weighted by Gasteiger charge is -2.36. The number of cyclic esters (lactones) is 1. The Morgan fingerprint density at radius 3 is 2.64 bits per heavy atom. The van der Waals surface area contributed by atoms with Gasteiger partial charge < -0.3 is 33.7 Å². The highest BCUT2D eigenvalue weighted by Crippen LogP contribution is 2.41. The van der Waals surface area contributed by atoms with Crippen molar-refractivity contribution in [2.24, 2.45) is 17.3 Å². The summed E-state index contributed by atoms with van der Waals surface area (Å²) in [6.07, 6.45) is 4.46. The molecule has 1 aromatic carbocycles. The molecule has 0 saturated carbocycles. The van der Waals surface area contributed by atoms with Crippen LogP contribution in [0.15, 0.2) is 53.7 Å². The summed E-state index contributed by atoms with van der Waals surface area (Å²) in [4.78, 5) is 81.3. The predicted octanol–water partition coefficient (Wildman–Crippen LogP) is 4.65. The molecule has 5 atom stereocenters. The zero-order valence-electron chi connectivity index (χ0n) is 38.2. The maximum atomic E-state index is 14.5. The number of methoxy groups -OCH3 is 1. The number of likely N-dealkylation sites (tertiary alicyclic amines) is 1. The van der Waals surface area contributed by atoms with E-state index >= 15 is 0 Å². The number of aromatic nitrogens is 4. The number of likely N-dealkylation sites (N-methyl/N-ethyl adjacent to an activating group) is 1. The molecule has 0 radical (unpaired) electrons. The van der Waals surface area contributed by atoms with Crippen LogP contribution in [-0.2, 0) is 52.8 Å². The van der Waals surface area contributed by atoms with Gasteiger partial charge in [-0.05, 0) is 87.4 Å². The molecule has 17 heteroatoms. The van der Waals surface area contributed by atoms with Gasteiger partial charge in [-0.15, -0.1) is 0 Å². The third-order valence-corrected chi connectivity index (χ3v) is 12.7. The van der Waals surface area contributed by atoms with Crippen molar-refractivity contribution in [1.82, 2.24) is 45.2 Å². The number of ether oxygens (including phenoxy) is 2. The van der Waals surface area contributed by atoms with Crippen molar-refractivity contribution in [2.45, 2.75) is 104 Å². The molecule has 6 bridgehead atoms. The lowest BCUT2D eigenvalue weighted by atomic mass is 9.84. The molecule has 342 valence electrons. The molecule has 3 aliphatic rings. The molecule has 64 heavy (non-hydrogen) atoms. The second-order valence-electron chi connectivity index (χ2n) is 18.3. The molecule has 17 nitrogen and oxygen atoms in total. The first-order valence-electron chi connectivity index (χ1n) is 22.2. The number of carbonyl (C=O) groups excluding carboxylic acids is 5. The van der Waals surface area contributed by atoms with Gasteiger partial charge in [0.1, 0.15) is 18.1 Å². The molecule has 4 aromatic rings. The average Bonchev–Trinajstić information content (AvgIpc) is 4.05. The molecule has 2 N–H and O–H groups in total. The number of nitrogens with one attached hydrogen (secondary N) is 2. The summed E-state index contributed by atoms with van der Waals surface area (Å²) in [6, 6.07) is 6.99. The first-order valence-corrected chi connectivity index (χ1v) is 22.2.